The zero-order valence-corrected chi connectivity index (χ0v) is 17.4. The van der Waals surface area contributed by atoms with Crippen molar-refractivity contribution < 1.29 is 4.79 Å². The minimum absolute atomic E-state index is 0.148. The number of thiazole rings is 1. The summed E-state index contributed by atoms with van der Waals surface area (Å²) < 4.78 is 0. The maximum atomic E-state index is 13.0. The first-order valence-corrected chi connectivity index (χ1v) is 10.8. The fraction of sp³-hybridized carbons (Fsp3) is 0.364. The summed E-state index contributed by atoms with van der Waals surface area (Å²) in [6.07, 6.45) is 6.42. The molecule has 1 amide bonds. The summed E-state index contributed by atoms with van der Waals surface area (Å²) in [6, 6.07) is 10.4. The Morgan fingerprint density at radius 1 is 1.14 bits per heavy atom. The van der Waals surface area contributed by atoms with E-state index >= 15 is 0 Å². The third-order valence-corrected chi connectivity index (χ3v) is 6.01. The zero-order chi connectivity index (χ0) is 20.1. The van der Waals surface area contributed by atoms with Crippen molar-refractivity contribution in [1.82, 2.24) is 19.9 Å². The molecule has 4 rings (SSSR count). The number of nitrogens with zero attached hydrogens (tertiary/aromatic N) is 5. The fourth-order valence-electron chi connectivity index (χ4n) is 3.82. The van der Waals surface area contributed by atoms with Gasteiger partial charge in [-0.2, -0.15) is 0 Å². The van der Waals surface area contributed by atoms with Gasteiger partial charge < -0.3 is 9.80 Å². The maximum Gasteiger partial charge on any atom is 0.228 e. The normalized spacial score (nSPS) is 17.2. The molecule has 1 aliphatic rings. The summed E-state index contributed by atoms with van der Waals surface area (Å²) in [5.74, 6) is 0.435. The zero-order valence-electron chi connectivity index (χ0n) is 16.6. The molecule has 3 heterocycles. The molecule has 2 aromatic heterocycles. The van der Waals surface area contributed by atoms with Crippen LogP contribution in [0.1, 0.15) is 16.4 Å². The molecule has 1 unspecified atom stereocenters. The average Bonchev–Trinajstić information content (AvgIpc) is 3.03. The monoisotopic (exact) mass is 407 g/mol. The molecule has 3 aromatic rings. The topological polar surface area (TPSA) is 62.2 Å². The van der Waals surface area contributed by atoms with E-state index < -0.39 is 0 Å². The van der Waals surface area contributed by atoms with Crippen molar-refractivity contribution in [1.29, 1.82) is 0 Å². The van der Waals surface area contributed by atoms with Gasteiger partial charge in [-0.05, 0) is 31.4 Å². The molecule has 1 saturated heterocycles. The number of carbonyl (C=O) groups is 1. The van der Waals surface area contributed by atoms with Crippen LogP contribution < -0.4 is 4.90 Å². The first-order chi connectivity index (χ1) is 14.2. The Hall–Kier alpha value is -2.80. The summed E-state index contributed by atoms with van der Waals surface area (Å²) in [5, 5.41) is 2.98. The Labute approximate surface area is 175 Å². The maximum absolute atomic E-state index is 13.0. The van der Waals surface area contributed by atoms with Gasteiger partial charge in [0.2, 0.25) is 5.91 Å². The highest BCUT2D eigenvalue weighted by molar-refractivity contribution is 7.09. The van der Waals surface area contributed by atoms with Crippen LogP contribution in [0.2, 0.25) is 0 Å². The first kappa shape index (κ1) is 19.5. The molecule has 0 radical (unpaired) electrons. The number of para-hydroxylation sites is 1. The predicted molar refractivity (Wildman–Crippen MR) is 115 cm³/mol. The van der Waals surface area contributed by atoms with Crippen LogP contribution >= 0.6 is 11.3 Å². The van der Waals surface area contributed by atoms with Crippen molar-refractivity contribution >= 4 is 22.9 Å². The van der Waals surface area contributed by atoms with E-state index in [0.29, 0.717) is 13.0 Å². The predicted octanol–water partition coefficient (Wildman–Crippen LogP) is 2.99. The smallest absolute Gasteiger partial charge is 0.228 e. The Kier molecular flexibility index (Phi) is 6.14. The quantitative estimate of drug-likeness (QED) is 0.651. The molecule has 1 atom stereocenters. The molecular formula is C22H25N5OS. The number of benzene rings is 1. The molecule has 1 aliphatic heterocycles. The standard InChI is InChI=1S/C22H25N5OS/c1-17-25-20(16-29-17)12-22(28)27-10-9-26(21-5-3-2-4-6-21)14-18(15-27)11-19-13-23-7-8-24-19/h2-8,13,16,18H,9-12,14-15H2,1H3. The van der Waals surface area contributed by atoms with Crippen LogP contribution in [0, 0.1) is 12.8 Å². The van der Waals surface area contributed by atoms with E-state index in [1.807, 2.05) is 29.5 Å². The van der Waals surface area contributed by atoms with Crippen molar-refractivity contribution in [2.75, 3.05) is 31.1 Å². The van der Waals surface area contributed by atoms with E-state index in [4.69, 9.17) is 0 Å². The Bertz CT molecular complexity index is 931. The highest BCUT2D eigenvalue weighted by Gasteiger charge is 2.27. The van der Waals surface area contributed by atoms with E-state index in [-0.39, 0.29) is 11.8 Å². The van der Waals surface area contributed by atoms with Crippen LogP contribution in [0.5, 0.6) is 0 Å². The molecule has 6 nitrogen and oxygen atoms in total. The van der Waals surface area contributed by atoms with Crippen LogP contribution in [0.15, 0.2) is 54.3 Å². The summed E-state index contributed by atoms with van der Waals surface area (Å²) in [4.78, 5) is 30.5. The molecular weight excluding hydrogens is 382 g/mol. The minimum Gasteiger partial charge on any atom is -0.369 e. The largest absolute Gasteiger partial charge is 0.369 e. The average molecular weight is 408 g/mol. The lowest BCUT2D eigenvalue weighted by Gasteiger charge is -2.25. The molecule has 0 spiro atoms. The van der Waals surface area contributed by atoms with Gasteiger partial charge in [-0.25, -0.2) is 4.98 Å². The fourth-order valence-corrected chi connectivity index (χ4v) is 4.43. The number of aryl methyl sites for hydroxylation is 1. The van der Waals surface area contributed by atoms with Crippen LogP contribution in [0.4, 0.5) is 5.69 Å². The van der Waals surface area contributed by atoms with Gasteiger partial charge in [-0.1, -0.05) is 18.2 Å². The van der Waals surface area contributed by atoms with Crippen molar-refractivity contribution in [3.63, 3.8) is 0 Å². The number of aromatic nitrogens is 3. The second-order valence-corrected chi connectivity index (χ2v) is 8.49. The van der Waals surface area contributed by atoms with Crippen LogP contribution in [-0.2, 0) is 17.6 Å². The first-order valence-electron chi connectivity index (χ1n) is 9.91. The van der Waals surface area contributed by atoms with E-state index in [1.165, 1.54) is 5.69 Å². The molecule has 0 saturated carbocycles. The molecule has 0 aliphatic carbocycles. The number of rotatable bonds is 5. The number of hydrogen-bond acceptors (Lipinski definition) is 6. The molecule has 150 valence electrons. The van der Waals surface area contributed by atoms with Gasteiger partial charge in [0.1, 0.15) is 0 Å². The van der Waals surface area contributed by atoms with Crippen molar-refractivity contribution in [3.8, 4) is 0 Å². The van der Waals surface area contributed by atoms with E-state index in [0.717, 1.165) is 42.5 Å². The third kappa shape index (κ3) is 5.17. The van der Waals surface area contributed by atoms with Gasteiger partial charge in [0.15, 0.2) is 0 Å². The van der Waals surface area contributed by atoms with Crippen LogP contribution in [0.3, 0.4) is 0 Å². The third-order valence-electron chi connectivity index (χ3n) is 5.18. The molecule has 7 heteroatoms. The van der Waals surface area contributed by atoms with E-state index in [2.05, 4.69) is 44.1 Å². The number of anilines is 1. The van der Waals surface area contributed by atoms with Gasteiger partial charge in [0, 0.05) is 55.8 Å². The van der Waals surface area contributed by atoms with Crippen molar-refractivity contribution in [2.24, 2.45) is 5.92 Å². The lowest BCUT2D eigenvalue weighted by atomic mass is 10.0. The Morgan fingerprint density at radius 2 is 2.00 bits per heavy atom. The van der Waals surface area contributed by atoms with E-state index in [9.17, 15) is 4.79 Å². The summed E-state index contributed by atoms with van der Waals surface area (Å²) >= 11 is 1.59. The van der Waals surface area contributed by atoms with Gasteiger partial charge >= 0.3 is 0 Å². The molecule has 1 aromatic carbocycles. The number of carbonyl (C=O) groups excluding carboxylic acids is 1. The van der Waals surface area contributed by atoms with Crippen molar-refractivity contribution in [3.05, 3.63) is 70.7 Å². The Morgan fingerprint density at radius 3 is 2.72 bits per heavy atom. The van der Waals surface area contributed by atoms with Crippen LogP contribution in [0.25, 0.3) is 0 Å². The highest BCUT2D eigenvalue weighted by atomic mass is 32.1. The highest BCUT2D eigenvalue weighted by Crippen LogP contribution is 2.21. The SMILES string of the molecule is Cc1nc(CC(=O)N2CCN(c3ccccc3)CC(Cc3cnccn3)C2)cs1. The molecule has 0 bridgehead atoms. The summed E-state index contributed by atoms with van der Waals surface area (Å²) in [5.41, 5.74) is 3.03. The second-order valence-electron chi connectivity index (χ2n) is 7.42. The van der Waals surface area contributed by atoms with Gasteiger partial charge in [-0.15, -0.1) is 11.3 Å². The van der Waals surface area contributed by atoms with Gasteiger partial charge in [-0.3, -0.25) is 14.8 Å². The lowest BCUT2D eigenvalue weighted by Crippen LogP contribution is -2.37. The second kappa shape index (κ2) is 9.13. The summed E-state index contributed by atoms with van der Waals surface area (Å²) in [6.45, 7) is 5.12. The van der Waals surface area contributed by atoms with Crippen molar-refractivity contribution in [2.45, 2.75) is 19.8 Å². The molecule has 0 N–H and O–H groups in total. The number of hydrogen-bond donors (Lipinski definition) is 0. The van der Waals surface area contributed by atoms with Gasteiger partial charge in [0.05, 0.1) is 22.8 Å². The molecule has 29 heavy (non-hydrogen) atoms. The summed E-state index contributed by atoms with van der Waals surface area (Å²) in [7, 11) is 0. The molecule has 1 fully saturated rings. The van der Waals surface area contributed by atoms with Crippen LogP contribution in [-0.4, -0.2) is 51.9 Å². The van der Waals surface area contributed by atoms with E-state index in [1.54, 1.807) is 23.7 Å². The minimum atomic E-state index is 0.148. The lowest BCUT2D eigenvalue weighted by molar-refractivity contribution is -0.130. The number of amides is 1. The Balaban J connectivity index is 1.51. The van der Waals surface area contributed by atoms with Gasteiger partial charge in [0.25, 0.3) is 0 Å².